The van der Waals surface area contributed by atoms with Gasteiger partial charge in [-0.15, -0.1) is 0 Å². The molecule has 0 aliphatic heterocycles. The van der Waals surface area contributed by atoms with E-state index < -0.39 is 10.0 Å². The van der Waals surface area contributed by atoms with Crippen molar-refractivity contribution in [2.75, 3.05) is 19.3 Å². The third-order valence-corrected chi connectivity index (χ3v) is 4.77. The van der Waals surface area contributed by atoms with Crippen LogP contribution < -0.4 is 10.0 Å². The van der Waals surface area contributed by atoms with Crippen molar-refractivity contribution in [3.05, 3.63) is 0 Å². The van der Waals surface area contributed by atoms with Crippen molar-refractivity contribution in [1.29, 1.82) is 0 Å². The standard InChI is InChI=1S/C11H24N2O2S/c1-11(2,10-6-7-10)13-16(14,15)9-5-4-8-12-3/h10,12-13H,4-9H2,1-3H3. The maximum Gasteiger partial charge on any atom is 0.212 e. The molecule has 2 N–H and O–H groups in total. The van der Waals surface area contributed by atoms with Gasteiger partial charge in [0.25, 0.3) is 0 Å². The highest BCUT2D eigenvalue weighted by Crippen LogP contribution is 2.39. The van der Waals surface area contributed by atoms with E-state index in [9.17, 15) is 8.42 Å². The van der Waals surface area contributed by atoms with Crippen molar-refractivity contribution in [3.8, 4) is 0 Å². The van der Waals surface area contributed by atoms with Crippen LogP contribution in [0.15, 0.2) is 0 Å². The normalized spacial score (nSPS) is 17.7. The molecule has 0 radical (unpaired) electrons. The zero-order chi connectivity index (χ0) is 12.2. The maximum atomic E-state index is 11.8. The first kappa shape index (κ1) is 13.9. The Morgan fingerprint density at radius 3 is 2.38 bits per heavy atom. The molecule has 96 valence electrons. The molecule has 4 nitrogen and oxygen atoms in total. The van der Waals surface area contributed by atoms with Gasteiger partial charge in [0.15, 0.2) is 0 Å². The van der Waals surface area contributed by atoms with Crippen molar-refractivity contribution in [2.45, 2.75) is 45.1 Å². The number of hydrogen-bond donors (Lipinski definition) is 2. The van der Waals surface area contributed by atoms with E-state index in [0.717, 1.165) is 32.2 Å². The molecule has 1 aliphatic carbocycles. The smallest absolute Gasteiger partial charge is 0.212 e. The summed E-state index contributed by atoms with van der Waals surface area (Å²) < 4.78 is 26.4. The van der Waals surface area contributed by atoms with Crippen molar-refractivity contribution < 1.29 is 8.42 Å². The quantitative estimate of drug-likeness (QED) is 0.632. The summed E-state index contributed by atoms with van der Waals surface area (Å²) in [5.41, 5.74) is -0.262. The topological polar surface area (TPSA) is 58.2 Å². The summed E-state index contributed by atoms with van der Waals surface area (Å²) >= 11 is 0. The second-order valence-corrected chi connectivity index (χ2v) is 7.07. The third kappa shape index (κ3) is 4.80. The largest absolute Gasteiger partial charge is 0.320 e. The summed E-state index contributed by atoms with van der Waals surface area (Å²) in [4.78, 5) is 0. The van der Waals surface area contributed by atoms with Gasteiger partial charge >= 0.3 is 0 Å². The molecule has 5 heteroatoms. The van der Waals surface area contributed by atoms with E-state index in [2.05, 4.69) is 10.0 Å². The van der Waals surface area contributed by atoms with E-state index in [1.807, 2.05) is 20.9 Å². The van der Waals surface area contributed by atoms with Crippen LogP contribution in [0.25, 0.3) is 0 Å². The molecule has 1 saturated carbocycles. The summed E-state index contributed by atoms with van der Waals surface area (Å²) in [7, 11) is -1.22. The molecule has 0 amide bonds. The molecule has 16 heavy (non-hydrogen) atoms. The lowest BCUT2D eigenvalue weighted by Gasteiger charge is -2.25. The SMILES string of the molecule is CNCCCCS(=O)(=O)NC(C)(C)C1CC1. The molecule has 0 aromatic rings. The van der Waals surface area contributed by atoms with Crippen LogP contribution in [0.4, 0.5) is 0 Å². The maximum absolute atomic E-state index is 11.8. The summed E-state index contributed by atoms with van der Waals surface area (Å²) in [5, 5.41) is 3.02. The number of unbranched alkanes of at least 4 members (excludes halogenated alkanes) is 1. The number of nitrogens with one attached hydrogen (secondary N) is 2. The van der Waals surface area contributed by atoms with Gasteiger partial charge < -0.3 is 5.32 Å². The molecule has 1 fully saturated rings. The van der Waals surface area contributed by atoms with E-state index >= 15 is 0 Å². The van der Waals surface area contributed by atoms with Crippen LogP contribution in [0.1, 0.15) is 39.5 Å². The molecule has 0 aromatic carbocycles. The Morgan fingerprint density at radius 2 is 1.88 bits per heavy atom. The predicted molar refractivity (Wildman–Crippen MR) is 66.9 cm³/mol. The molecule has 0 bridgehead atoms. The zero-order valence-corrected chi connectivity index (χ0v) is 11.4. The molecular formula is C11H24N2O2S. The molecule has 0 saturated heterocycles. The van der Waals surface area contributed by atoms with Crippen LogP contribution in [-0.2, 0) is 10.0 Å². The van der Waals surface area contributed by atoms with Gasteiger partial charge in [0.2, 0.25) is 10.0 Å². The first-order valence-electron chi connectivity index (χ1n) is 6.03. The van der Waals surface area contributed by atoms with Gasteiger partial charge in [0.05, 0.1) is 5.75 Å². The minimum Gasteiger partial charge on any atom is -0.320 e. The van der Waals surface area contributed by atoms with E-state index in [-0.39, 0.29) is 11.3 Å². The highest BCUT2D eigenvalue weighted by atomic mass is 32.2. The molecule has 0 aromatic heterocycles. The van der Waals surface area contributed by atoms with Gasteiger partial charge in [-0.25, -0.2) is 13.1 Å². The van der Waals surface area contributed by atoms with Crippen LogP contribution in [-0.4, -0.2) is 33.3 Å². The lowest BCUT2D eigenvalue weighted by Crippen LogP contribution is -2.46. The number of sulfonamides is 1. The number of hydrogen-bond acceptors (Lipinski definition) is 3. The molecule has 1 aliphatic rings. The second kappa shape index (κ2) is 5.47. The lowest BCUT2D eigenvalue weighted by molar-refractivity contribution is 0.400. The first-order valence-corrected chi connectivity index (χ1v) is 7.69. The Balaban J connectivity index is 2.33. The van der Waals surface area contributed by atoms with Crippen molar-refractivity contribution in [3.63, 3.8) is 0 Å². The van der Waals surface area contributed by atoms with E-state index in [4.69, 9.17) is 0 Å². The highest BCUT2D eigenvalue weighted by Gasteiger charge is 2.40. The lowest BCUT2D eigenvalue weighted by atomic mass is 10.0. The van der Waals surface area contributed by atoms with Gasteiger partial charge in [-0.3, -0.25) is 0 Å². The van der Waals surface area contributed by atoms with Crippen LogP contribution in [0.3, 0.4) is 0 Å². The van der Waals surface area contributed by atoms with Crippen molar-refractivity contribution in [2.24, 2.45) is 5.92 Å². The molecule has 1 rings (SSSR count). The fourth-order valence-corrected chi connectivity index (χ4v) is 3.59. The van der Waals surface area contributed by atoms with E-state index in [0.29, 0.717) is 5.92 Å². The average molecular weight is 248 g/mol. The summed E-state index contributed by atoms with van der Waals surface area (Å²) in [5.74, 6) is 0.768. The van der Waals surface area contributed by atoms with Crippen molar-refractivity contribution >= 4 is 10.0 Å². The monoisotopic (exact) mass is 248 g/mol. The van der Waals surface area contributed by atoms with Gasteiger partial charge in [-0.2, -0.15) is 0 Å². The number of rotatable bonds is 8. The van der Waals surface area contributed by atoms with E-state index in [1.54, 1.807) is 0 Å². The Labute approximate surface area is 99.2 Å². The van der Waals surface area contributed by atoms with Gasteiger partial charge in [-0.1, -0.05) is 0 Å². The Bertz CT molecular complexity index is 308. The fraction of sp³-hybridized carbons (Fsp3) is 1.00. The average Bonchev–Trinajstić information content (AvgIpc) is 2.93. The Morgan fingerprint density at radius 1 is 1.25 bits per heavy atom. The van der Waals surface area contributed by atoms with Gasteiger partial charge in [0.1, 0.15) is 0 Å². The minimum atomic E-state index is -3.10. The van der Waals surface area contributed by atoms with Gasteiger partial charge in [0, 0.05) is 5.54 Å². The van der Waals surface area contributed by atoms with Crippen LogP contribution >= 0.6 is 0 Å². The van der Waals surface area contributed by atoms with Crippen molar-refractivity contribution in [1.82, 2.24) is 10.0 Å². The Hall–Kier alpha value is -0.130. The minimum absolute atomic E-state index is 0.241. The first-order chi connectivity index (χ1) is 7.37. The van der Waals surface area contributed by atoms with E-state index in [1.165, 1.54) is 0 Å². The molecule has 0 atom stereocenters. The predicted octanol–water partition coefficient (Wildman–Crippen LogP) is 1.09. The highest BCUT2D eigenvalue weighted by molar-refractivity contribution is 7.89. The summed E-state index contributed by atoms with van der Waals surface area (Å²) in [6, 6.07) is 0. The molecule has 0 heterocycles. The van der Waals surface area contributed by atoms with Gasteiger partial charge in [-0.05, 0) is 59.0 Å². The molecule has 0 spiro atoms. The fourth-order valence-electron chi connectivity index (χ4n) is 1.93. The zero-order valence-electron chi connectivity index (χ0n) is 10.5. The van der Waals surface area contributed by atoms with Crippen LogP contribution in [0.2, 0.25) is 0 Å². The summed E-state index contributed by atoms with van der Waals surface area (Å²) in [6.07, 6.45) is 3.92. The summed E-state index contributed by atoms with van der Waals surface area (Å²) in [6.45, 7) is 4.84. The van der Waals surface area contributed by atoms with Crippen LogP contribution in [0, 0.1) is 5.92 Å². The van der Waals surface area contributed by atoms with Crippen LogP contribution in [0.5, 0.6) is 0 Å². The third-order valence-electron chi connectivity index (χ3n) is 3.11. The Kier molecular flexibility index (Phi) is 4.76. The molecular weight excluding hydrogens is 224 g/mol. The second-order valence-electron chi connectivity index (χ2n) is 5.23. The molecule has 0 unspecified atom stereocenters.